The number of carboxylic acids is 1. The number of hydrogen-bond acceptors (Lipinski definition) is 2. The van der Waals surface area contributed by atoms with Crippen molar-refractivity contribution >= 4 is 11.7 Å². The zero-order valence-electron chi connectivity index (χ0n) is 9.16. The Morgan fingerprint density at radius 1 is 1.47 bits per heavy atom. The number of carboxylic acid groups (broad SMARTS) is 1. The van der Waals surface area contributed by atoms with Crippen LogP contribution in [0.5, 0.6) is 0 Å². The highest BCUT2D eigenvalue weighted by molar-refractivity contribution is 5.66. The van der Waals surface area contributed by atoms with Gasteiger partial charge in [-0.25, -0.2) is 0 Å². The summed E-state index contributed by atoms with van der Waals surface area (Å²) < 4.78 is 0. The fourth-order valence-corrected chi connectivity index (χ4v) is 1.41. The van der Waals surface area contributed by atoms with Crippen molar-refractivity contribution in [1.82, 2.24) is 0 Å². The minimum atomic E-state index is -0.742. The molecule has 0 heterocycles. The molecule has 0 aliphatic carbocycles. The maximum absolute atomic E-state index is 10.4. The smallest absolute Gasteiger partial charge is 0.303 e. The van der Waals surface area contributed by atoms with Gasteiger partial charge in [0.05, 0.1) is 0 Å². The summed E-state index contributed by atoms with van der Waals surface area (Å²) in [6.07, 6.45) is 0.851. The van der Waals surface area contributed by atoms with E-state index in [1.807, 2.05) is 38.1 Å². The first-order valence-corrected chi connectivity index (χ1v) is 5.13. The molecular weight excluding hydrogens is 190 g/mol. The first-order valence-electron chi connectivity index (χ1n) is 5.13. The molecule has 0 aliphatic heterocycles. The van der Waals surface area contributed by atoms with Crippen molar-refractivity contribution in [1.29, 1.82) is 0 Å². The van der Waals surface area contributed by atoms with Gasteiger partial charge in [-0.1, -0.05) is 18.2 Å². The Morgan fingerprint density at radius 2 is 2.13 bits per heavy atom. The molecule has 1 aromatic carbocycles. The predicted octanol–water partition coefficient (Wildman–Crippen LogP) is 2.66. The minimum absolute atomic E-state index is 0.183. The molecule has 0 spiro atoms. The summed E-state index contributed by atoms with van der Waals surface area (Å²) in [6.45, 7) is 4.03. The first kappa shape index (κ1) is 11.6. The molecule has 1 atom stereocenters. The Balaban J connectivity index is 2.47. The fraction of sp³-hybridized carbons (Fsp3) is 0.417. The molecule has 3 heteroatoms. The third-order valence-electron chi connectivity index (χ3n) is 2.34. The monoisotopic (exact) mass is 207 g/mol. The summed E-state index contributed by atoms with van der Waals surface area (Å²) in [4.78, 5) is 10.4. The van der Waals surface area contributed by atoms with Gasteiger partial charge in [0.1, 0.15) is 0 Å². The zero-order chi connectivity index (χ0) is 11.3. The van der Waals surface area contributed by atoms with E-state index in [9.17, 15) is 4.79 Å². The number of hydrogen-bond donors (Lipinski definition) is 2. The number of nitrogens with one attached hydrogen (secondary N) is 1. The number of rotatable bonds is 5. The molecule has 3 nitrogen and oxygen atoms in total. The number of carbonyl (C=O) groups is 1. The lowest BCUT2D eigenvalue weighted by Crippen LogP contribution is -2.17. The van der Waals surface area contributed by atoms with Crippen LogP contribution in [0.4, 0.5) is 5.69 Å². The highest BCUT2D eigenvalue weighted by atomic mass is 16.4. The largest absolute Gasteiger partial charge is 0.481 e. The highest BCUT2D eigenvalue weighted by Crippen LogP contribution is 2.15. The molecular formula is C12H17NO2. The lowest BCUT2D eigenvalue weighted by molar-refractivity contribution is -0.137. The van der Waals surface area contributed by atoms with Gasteiger partial charge in [0.2, 0.25) is 0 Å². The molecule has 82 valence electrons. The van der Waals surface area contributed by atoms with Crippen LogP contribution in [-0.4, -0.2) is 17.1 Å². The van der Waals surface area contributed by atoms with E-state index in [1.165, 1.54) is 5.56 Å². The van der Waals surface area contributed by atoms with Gasteiger partial charge < -0.3 is 10.4 Å². The molecule has 0 radical (unpaired) electrons. The van der Waals surface area contributed by atoms with Gasteiger partial charge in [-0.2, -0.15) is 0 Å². The van der Waals surface area contributed by atoms with Gasteiger partial charge in [-0.3, -0.25) is 4.79 Å². The van der Waals surface area contributed by atoms with Gasteiger partial charge in [-0.05, 0) is 31.9 Å². The van der Waals surface area contributed by atoms with Crippen molar-refractivity contribution in [3.63, 3.8) is 0 Å². The molecule has 1 unspecified atom stereocenters. The Labute approximate surface area is 90.1 Å². The van der Waals surface area contributed by atoms with E-state index in [-0.39, 0.29) is 12.5 Å². The predicted molar refractivity (Wildman–Crippen MR) is 61.1 cm³/mol. The van der Waals surface area contributed by atoms with Gasteiger partial charge in [0.15, 0.2) is 0 Å². The molecule has 0 aromatic heterocycles. The molecule has 1 rings (SSSR count). The Morgan fingerprint density at radius 3 is 2.73 bits per heavy atom. The molecule has 0 amide bonds. The van der Waals surface area contributed by atoms with Gasteiger partial charge in [0, 0.05) is 18.2 Å². The van der Waals surface area contributed by atoms with Crippen molar-refractivity contribution in [3.8, 4) is 0 Å². The van der Waals surface area contributed by atoms with Crippen LogP contribution in [0.25, 0.3) is 0 Å². The number of benzene rings is 1. The standard InChI is InChI=1S/C12H17NO2/c1-9-5-3-4-6-11(9)13-10(2)7-8-12(14)15/h3-6,10,13H,7-8H2,1-2H3,(H,14,15). The molecule has 15 heavy (non-hydrogen) atoms. The lowest BCUT2D eigenvalue weighted by atomic mass is 10.1. The molecule has 0 aliphatic rings. The topological polar surface area (TPSA) is 49.3 Å². The van der Waals surface area contributed by atoms with E-state index in [2.05, 4.69) is 5.32 Å². The molecule has 0 fully saturated rings. The Hall–Kier alpha value is -1.51. The van der Waals surface area contributed by atoms with Crippen LogP contribution in [0.1, 0.15) is 25.3 Å². The minimum Gasteiger partial charge on any atom is -0.481 e. The van der Waals surface area contributed by atoms with Crippen LogP contribution in [-0.2, 0) is 4.79 Å². The normalized spacial score (nSPS) is 12.1. The third kappa shape index (κ3) is 4.02. The Bertz CT molecular complexity index is 336. The number of aliphatic carboxylic acids is 1. The average Bonchev–Trinajstić information content (AvgIpc) is 2.18. The van der Waals surface area contributed by atoms with Crippen molar-refractivity contribution in [2.75, 3.05) is 5.32 Å². The van der Waals surface area contributed by atoms with Crippen molar-refractivity contribution in [2.45, 2.75) is 32.7 Å². The van der Waals surface area contributed by atoms with E-state index in [4.69, 9.17) is 5.11 Å². The summed E-state index contributed by atoms with van der Waals surface area (Å²) in [6, 6.07) is 8.18. The van der Waals surface area contributed by atoms with Crippen LogP contribution < -0.4 is 5.32 Å². The van der Waals surface area contributed by atoms with Crippen LogP contribution >= 0.6 is 0 Å². The summed E-state index contributed by atoms with van der Waals surface area (Å²) >= 11 is 0. The van der Waals surface area contributed by atoms with Gasteiger partial charge in [-0.15, -0.1) is 0 Å². The SMILES string of the molecule is Cc1ccccc1NC(C)CCC(=O)O. The second-order valence-electron chi connectivity index (χ2n) is 3.79. The summed E-state index contributed by atoms with van der Waals surface area (Å²) in [7, 11) is 0. The quantitative estimate of drug-likeness (QED) is 0.780. The van der Waals surface area contributed by atoms with Crippen LogP contribution in [0.3, 0.4) is 0 Å². The van der Waals surface area contributed by atoms with E-state index in [1.54, 1.807) is 0 Å². The second kappa shape index (κ2) is 5.39. The van der Waals surface area contributed by atoms with E-state index in [0.717, 1.165) is 5.69 Å². The van der Waals surface area contributed by atoms with E-state index >= 15 is 0 Å². The van der Waals surface area contributed by atoms with Crippen LogP contribution in [0.15, 0.2) is 24.3 Å². The highest BCUT2D eigenvalue weighted by Gasteiger charge is 2.05. The zero-order valence-corrected chi connectivity index (χ0v) is 9.16. The number of anilines is 1. The summed E-state index contributed by atoms with van der Waals surface area (Å²) in [5.74, 6) is -0.742. The Kier molecular flexibility index (Phi) is 4.16. The van der Waals surface area contributed by atoms with E-state index in [0.29, 0.717) is 6.42 Å². The van der Waals surface area contributed by atoms with Gasteiger partial charge in [0.25, 0.3) is 0 Å². The fourth-order valence-electron chi connectivity index (χ4n) is 1.41. The first-order chi connectivity index (χ1) is 7.09. The molecule has 0 saturated heterocycles. The number of para-hydroxylation sites is 1. The maximum Gasteiger partial charge on any atom is 0.303 e. The van der Waals surface area contributed by atoms with E-state index < -0.39 is 5.97 Å². The second-order valence-corrected chi connectivity index (χ2v) is 3.79. The summed E-state index contributed by atoms with van der Waals surface area (Å²) in [5, 5.41) is 11.9. The summed E-state index contributed by atoms with van der Waals surface area (Å²) in [5.41, 5.74) is 2.26. The molecule has 0 saturated carbocycles. The molecule has 2 N–H and O–H groups in total. The third-order valence-corrected chi connectivity index (χ3v) is 2.34. The van der Waals surface area contributed by atoms with Crippen LogP contribution in [0.2, 0.25) is 0 Å². The number of aryl methyl sites for hydroxylation is 1. The van der Waals surface area contributed by atoms with Crippen molar-refractivity contribution < 1.29 is 9.90 Å². The molecule has 1 aromatic rings. The van der Waals surface area contributed by atoms with Crippen LogP contribution in [0, 0.1) is 6.92 Å². The van der Waals surface area contributed by atoms with Crippen molar-refractivity contribution in [2.24, 2.45) is 0 Å². The maximum atomic E-state index is 10.4. The lowest BCUT2D eigenvalue weighted by Gasteiger charge is -2.15. The average molecular weight is 207 g/mol. The van der Waals surface area contributed by atoms with Crippen molar-refractivity contribution in [3.05, 3.63) is 29.8 Å². The molecule has 0 bridgehead atoms. The van der Waals surface area contributed by atoms with Gasteiger partial charge >= 0.3 is 5.97 Å².